The predicted octanol–water partition coefficient (Wildman–Crippen LogP) is 0.0980. The number of unbranched alkanes of at least 4 members (excludes halogenated alkanes) is 1. The Bertz CT molecular complexity index is 523. The molecule has 0 radical (unpaired) electrons. The highest BCUT2D eigenvalue weighted by Gasteiger charge is 2.16. The highest BCUT2D eigenvalue weighted by molar-refractivity contribution is 7.89. The summed E-state index contributed by atoms with van der Waals surface area (Å²) in [7, 11) is -3.55. The third-order valence-electron chi connectivity index (χ3n) is 2.53. The number of aryl methyl sites for hydroxylation is 1. The first-order valence-corrected chi connectivity index (χ1v) is 7.45. The summed E-state index contributed by atoms with van der Waals surface area (Å²) in [5.41, 5.74) is 5.30. The van der Waals surface area contributed by atoms with Crippen molar-refractivity contribution in [2.45, 2.75) is 37.8 Å². The maximum absolute atomic E-state index is 11.8. The van der Waals surface area contributed by atoms with Crippen molar-refractivity contribution in [2.75, 3.05) is 6.54 Å². The quantitative estimate of drug-likeness (QED) is 0.206. The standard InChI is InChI=1S/C10H19N5O3S/c1-2-15-7-10(12-8-15)19(17,18)13-6-4-3-5-9(11)14-16/h7-8,13,16H,2-6H2,1H3,(H2,11,14). The Morgan fingerprint density at radius 3 is 2.89 bits per heavy atom. The molecule has 0 spiro atoms. The first kappa shape index (κ1) is 15.4. The van der Waals surface area contributed by atoms with Crippen LogP contribution in [0.3, 0.4) is 0 Å². The van der Waals surface area contributed by atoms with E-state index in [2.05, 4.69) is 14.9 Å². The highest BCUT2D eigenvalue weighted by atomic mass is 32.2. The van der Waals surface area contributed by atoms with Crippen LogP contribution in [-0.4, -0.2) is 35.6 Å². The van der Waals surface area contributed by atoms with Crippen LogP contribution in [0.5, 0.6) is 0 Å². The lowest BCUT2D eigenvalue weighted by Gasteiger charge is -2.03. The Hall–Kier alpha value is -1.61. The molecule has 0 fully saturated rings. The van der Waals surface area contributed by atoms with Crippen molar-refractivity contribution >= 4 is 15.9 Å². The van der Waals surface area contributed by atoms with Gasteiger partial charge in [0.25, 0.3) is 10.0 Å². The fourth-order valence-corrected chi connectivity index (χ4v) is 2.43. The van der Waals surface area contributed by atoms with E-state index in [4.69, 9.17) is 10.9 Å². The van der Waals surface area contributed by atoms with Crippen molar-refractivity contribution in [3.05, 3.63) is 12.5 Å². The van der Waals surface area contributed by atoms with Crippen LogP contribution in [-0.2, 0) is 16.6 Å². The molecule has 4 N–H and O–H groups in total. The summed E-state index contributed by atoms with van der Waals surface area (Å²) in [4.78, 5) is 3.84. The SMILES string of the molecule is CCn1cnc(S(=O)(=O)NCCCCC(N)=NO)c1. The predicted molar refractivity (Wildman–Crippen MR) is 70.3 cm³/mol. The maximum atomic E-state index is 11.8. The number of nitrogens with zero attached hydrogens (tertiary/aromatic N) is 3. The molecule has 0 aromatic carbocycles. The smallest absolute Gasteiger partial charge is 0.259 e. The normalized spacial score (nSPS) is 12.8. The molecule has 9 heteroatoms. The van der Waals surface area contributed by atoms with Gasteiger partial charge in [-0.05, 0) is 19.8 Å². The minimum Gasteiger partial charge on any atom is -0.409 e. The van der Waals surface area contributed by atoms with Gasteiger partial charge in [-0.1, -0.05) is 5.16 Å². The zero-order valence-corrected chi connectivity index (χ0v) is 11.6. The molecule has 0 unspecified atom stereocenters. The molecule has 1 aromatic heterocycles. The number of oxime groups is 1. The molecular weight excluding hydrogens is 270 g/mol. The Kier molecular flexibility index (Phi) is 5.77. The molecule has 8 nitrogen and oxygen atoms in total. The molecule has 1 rings (SSSR count). The van der Waals surface area contributed by atoms with Gasteiger partial charge in [-0.15, -0.1) is 0 Å². The summed E-state index contributed by atoms with van der Waals surface area (Å²) < 4.78 is 27.8. The second-order valence-corrected chi connectivity index (χ2v) is 5.70. The van der Waals surface area contributed by atoms with E-state index in [-0.39, 0.29) is 10.9 Å². The lowest BCUT2D eigenvalue weighted by Crippen LogP contribution is -2.25. The number of rotatable bonds is 8. The average Bonchev–Trinajstić information content (AvgIpc) is 2.87. The van der Waals surface area contributed by atoms with Gasteiger partial charge in [0.05, 0.1) is 6.33 Å². The van der Waals surface area contributed by atoms with Crippen LogP contribution in [0.4, 0.5) is 0 Å². The van der Waals surface area contributed by atoms with E-state index in [1.165, 1.54) is 12.5 Å². The van der Waals surface area contributed by atoms with Gasteiger partial charge < -0.3 is 15.5 Å². The Morgan fingerprint density at radius 1 is 1.58 bits per heavy atom. The van der Waals surface area contributed by atoms with E-state index in [0.717, 1.165) is 0 Å². The van der Waals surface area contributed by atoms with Crippen LogP contribution in [0.1, 0.15) is 26.2 Å². The van der Waals surface area contributed by atoms with E-state index in [1.54, 1.807) is 4.57 Å². The Labute approximate surface area is 112 Å². The zero-order chi connectivity index (χ0) is 14.3. The average molecular weight is 289 g/mol. The number of amidine groups is 1. The summed E-state index contributed by atoms with van der Waals surface area (Å²) in [6.45, 7) is 2.86. The zero-order valence-electron chi connectivity index (χ0n) is 10.8. The molecular formula is C10H19N5O3S. The van der Waals surface area contributed by atoms with Crippen molar-refractivity contribution in [2.24, 2.45) is 10.9 Å². The van der Waals surface area contributed by atoms with Gasteiger partial charge in [-0.2, -0.15) is 0 Å². The van der Waals surface area contributed by atoms with Crippen molar-refractivity contribution in [3.8, 4) is 0 Å². The van der Waals surface area contributed by atoms with Crippen molar-refractivity contribution in [3.63, 3.8) is 0 Å². The van der Waals surface area contributed by atoms with Gasteiger partial charge in [0.2, 0.25) is 0 Å². The number of hydrogen-bond acceptors (Lipinski definition) is 5. The molecule has 1 aromatic rings. The summed E-state index contributed by atoms with van der Waals surface area (Å²) in [6, 6.07) is 0. The second-order valence-electron chi connectivity index (χ2n) is 3.99. The molecule has 108 valence electrons. The number of hydrogen-bond donors (Lipinski definition) is 3. The van der Waals surface area contributed by atoms with Gasteiger partial charge in [0.1, 0.15) is 5.84 Å². The third kappa shape index (κ3) is 4.87. The fraction of sp³-hybridized carbons (Fsp3) is 0.600. The van der Waals surface area contributed by atoms with Crippen molar-refractivity contribution in [1.29, 1.82) is 0 Å². The molecule has 0 saturated carbocycles. The van der Waals surface area contributed by atoms with E-state index in [1.807, 2.05) is 6.92 Å². The molecule has 0 aliphatic rings. The third-order valence-corrected chi connectivity index (χ3v) is 3.88. The number of imidazole rings is 1. The minimum atomic E-state index is -3.55. The van der Waals surface area contributed by atoms with Crippen LogP contribution in [0.15, 0.2) is 22.7 Å². The van der Waals surface area contributed by atoms with Gasteiger partial charge >= 0.3 is 0 Å². The van der Waals surface area contributed by atoms with E-state index < -0.39 is 10.0 Å². The van der Waals surface area contributed by atoms with Crippen LogP contribution in [0, 0.1) is 0 Å². The maximum Gasteiger partial charge on any atom is 0.259 e. The largest absolute Gasteiger partial charge is 0.409 e. The fourth-order valence-electron chi connectivity index (χ4n) is 1.41. The first-order valence-electron chi connectivity index (χ1n) is 5.97. The topological polar surface area (TPSA) is 123 Å². The molecule has 0 saturated heterocycles. The molecule has 0 bridgehead atoms. The van der Waals surface area contributed by atoms with Gasteiger partial charge in [0.15, 0.2) is 5.03 Å². The lowest BCUT2D eigenvalue weighted by molar-refractivity contribution is 0.316. The Balaban J connectivity index is 2.39. The van der Waals surface area contributed by atoms with Crippen LogP contribution >= 0.6 is 0 Å². The summed E-state index contributed by atoms with van der Waals surface area (Å²) in [5, 5.41) is 11.2. The van der Waals surface area contributed by atoms with Gasteiger partial charge in [-0.3, -0.25) is 0 Å². The summed E-state index contributed by atoms with van der Waals surface area (Å²) in [5.74, 6) is 0.143. The summed E-state index contributed by atoms with van der Waals surface area (Å²) in [6.07, 6.45) is 4.64. The highest BCUT2D eigenvalue weighted by Crippen LogP contribution is 2.05. The van der Waals surface area contributed by atoms with Crippen LogP contribution < -0.4 is 10.5 Å². The van der Waals surface area contributed by atoms with E-state index in [9.17, 15) is 8.42 Å². The number of sulfonamides is 1. The lowest BCUT2D eigenvalue weighted by atomic mass is 10.2. The van der Waals surface area contributed by atoms with E-state index in [0.29, 0.717) is 32.4 Å². The summed E-state index contributed by atoms with van der Waals surface area (Å²) >= 11 is 0. The van der Waals surface area contributed by atoms with Gasteiger partial charge in [0, 0.05) is 25.7 Å². The number of aromatic nitrogens is 2. The minimum absolute atomic E-state index is 0.0192. The Morgan fingerprint density at radius 2 is 2.32 bits per heavy atom. The first-order chi connectivity index (χ1) is 8.99. The number of nitrogens with two attached hydrogens (primary N) is 1. The molecule has 1 heterocycles. The molecule has 19 heavy (non-hydrogen) atoms. The number of nitrogens with one attached hydrogen (secondary N) is 1. The monoisotopic (exact) mass is 289 g/mol. The molecule has 0 aliphatic carbocycles. The van der Waals surface area contributed by atoms with Crippen molar-refractivity contribution < 1.29 is 13.6 Å². The molecule has 0 amide bonds. The van der Waals surface area contributed by atoms with Gasteiger partial charge in [-0.25, -0.2) is 18.1 Å². The molecule has 0 atom stereocenters. The molecule has 0 aliphatic heterocycles. The van der Waals surface area contributed by atoms with E-state index >= 15 is 0 Å². The second kappa shape index (κ2) is 7.10. The van der Waals surface area contributed by atoms with Crippen LogP contribution in [0.2, 0.25) is 0 Å². The van der Waals surface area contributed by atoms with Crippen molar-refractivity contribution in [1.82, 2.24) is 14.3 Å². The van der Waals surface area contributed by atoms with Crippen LogP contribution in [0.25, 0.3) is 0 Å².